The number of rotatable bonds is 1. The van der Waals surface area contributed by atoms with Crippen molar-refractivity contribution in [1.82, 2.24) is 15.1 Å². The zero-order valence-electron chi connectivity index (χ0n) is 14.6. The number of nitrogens with zero attached hydrogens (tertiary/aromatic N) is 2. The maximum absolute atomic E-state index is 3.55. The Hall–Kier alpha value is -0.120. The van der Waals surface area contributed by atoms with Crippen molar-refractivity contribution < 1.29 is 0 Å². The predicted molar refractivity (Wildman–Crippen MR) is 92.1 cm³/mol. The minimum absolute atomic E-state index is 0.650. The Morgan fingerprint density at radius 2 is 1.59 bits per heavy atom. The number of piperidine rings is 2. The van der Waals surface area contributed by atoms with E-state index in [2.05, 4.69) is 22.2 Å². The van der Waals surface area contributed by atoms with Crippen LogP contribution in [-0.2, 0) is 0 Å². The molecule has 1 atom stereocenters. The van der Waals surface area contributed by atoms with Crippen molar-refractivity contribution in [3.05, 3.63) is 0 Å². The van der Waals surface area contributed by atoms with Crippen molar-refractivity contribution >= 4 is 0 Å². The van der Waals surface area contributed by atoms with Crippen molar-refractivity contribution in [1.29, 1.82) is 0 Å². The van der Waals surface area contributed by atoms with Crippen molar-refractivity contribution in [3.63, 3.8) is 0 Å². The lowest BCUT2D eigenvalue weighted by molar-refractivity contribution is 0.0166. The summed E-state index contributed by atoms with van der Waals surface area (Å²) in [5.41, 5.74) is 1.37. The molecule has 0 amide bonds. The maximum atomic E-state index is 3.55. The van der Waals surface area contributed by atoms with E-state index in [4.69, 9.17) is 0 Å². The van der Waals surface area contributed by atoms with Gasteiger partial charge in [0.05, 0.1) is 0 Å². The minimum atomic E-state index is 0.650. The summed E-state index contributed by atoms with van der Waals surface area (Å²) in [5.74, 6) is 0. The minimum Gasteiger partial charge on any atom is -0.317 e. The van der Waals surface area contributed by atoms with Crippen LogP contribution in [0, 0.1) is 10.8 Å². The number of likely N-dealkylation sites (tertiary alicyclic amines) is 2. The number of hydrogen-bond acceptors (Lipinski definition) is 3. The van der Waals surface area contributed by atoms with Gasteiger partial charge in [0.15, 0.2) is 0 Å². The van der Waals surface area contributed by atoms with E-state index in [1.165, 1.54) is 97.1 Å². The zero-order chi connectivity index (χ0) is 15.0. The van der Waals surface area contributed by atoms with Gasteiger partial charge in [-0.2, -0.15) is 0 Å². The first-order valence-electron chi connectivity index (χ1n) is 9.82. The summed E-state index contributed by atoms with van der Waals surface area (Å²) >= 11 is 0. The van der Waals surface area contributed by atoms with Gasteiger partial charge in [-0.15, -0.1) is 0 Å². The maximum Gasteiger partial charge on any atom is 0.00959 e. The molecule has 0 radical (unpaired) electrons. The molecule has 0 aromatic rings. The second-order valence-electron chi connectivity index (χ2n) is 9.04. The Morgan fingerprint density at radius 3 is 2.27 bits per heavy atom. The van der Waals surface area contributed by atoms with Gasteiger partial charge in [-0.1, -0.05) is 0 Å². The second kappa shape index (κ2) is 6.07. The molecule has 3 aliphatic heterocycles. The van der Waals surface area contributed by atoms with Crippen molar-refractivity contribution in [2.24, 2.45) is 10.8 Å². The normalized spacial score (nSPS) is 38.0. The monoisotopic (exact) mass is 305 g/mol. The van der Waals surface area contributed by atoms with E-state index in [-0.39, 0.29) is 0 Å². The highest BCUT2D eigenvalue weighted by atomic mass is 15.2. The molecule has 3 heteroatoms. The summed E-state index contributed by atoms with van der Waals surface area (Å²) in [5, 5.41) is 3.55. The van der Waals surface area contributed by atoms with Crippen LogP contribution in [0.15, 0.2) is 0 Å². The first kappa shape index (κ1) is 15.4. The van der Waals surface area contributed by atoms with E-state index < -0.39 is 0 Å². The summed E-state index contributed by atoms with van der Waals surface area (Å²) in [6, 6.07) is 0.906. The number of nitrogens with one attached hydrogen (secondary N) is 1. The fourth-order valence-electron chi connectivity index (χ4n) is 6.09. The molecule has 4 aliphatic rings. The number of hydrogen-bond donors (Lipinski definition) is 1. The molecule has 22 heavy (non-hydrogen) atoms. The average molecular weight is 306 g/mol. The summed E-state index contributed by atoms with van der Waals surface area (Å²) in [6.07, 6.45) is 13.2. The van der Waals surface area contributed by atoms with Gasteiger partial charge in [0.25, 0.3) is 0 Å². The van der Waals surface area contributed by atoms with Crippen LogP contribution in [0.2, 0.25) is 0 Å². The second-order valence-corrected chi connectivity index (χ2v) is 9.04. The van der Waals surface area contributed by atoms with Crippen LogP contribution in [0.5, 0.6) is 0 Å². The van der Waals surface area contributed by atoms with Gasteiger partial charge < -0.3 is 10.2 Å². The molecule has 0 bridgehead atoms. The highest BCUT2D eigenvalue weighted by Crippen LogP contribution is 2.46. The molecule has 2 spiro atoms. The van der Waals surface area contributed by atoms with E-state index in [1.807, 2.05) is 0 Å². The van der Waals surface area contributed by atoms with Gasteiger partial charge in [-0.3, -0.25) is 4.90 Å². The Morgan fingerprint density at radius 1 is 0.818 bits per heavy atom. The fourth-order valence-corrected chi connectivity index (χ4v) is 6.09. The Balaban J connectivity index is 1.35. The third-order valence-corrected chi connectivity index (χ3v) is 7.52. The van der Waals surface area contributed by atoms with Crippen LogP contribution in [0.4, 0.5) is 0 Å². The smallest absolute Gasteiger partial charge is 0.00959 e. The van der Waals surface area contributed by atoms with Gasteiger partial charge in [0.1, 0.15) is 0 Å². The predicted octanol–water partition coefficient (Wildman–Crippen LogP) is 2.72. The van der Waals surface area contributed by atoms with Crippen LogP contribution in [0.3, 0.4) is 0 Å². The molecule has 0 unspecified atom stereocenters. The van der Waals surface area contributed by atoms with Crippen LogP contribution in [-0.4, -0.2) is 62.2 Å². The lowest BCUT2D eigenvalue weighted by Crippen LogP contribution is -2.51. The first-order valence-corrected chi connectivity index (χ1v) is 9.82. The van der Waals surface area contributed by atoms with Gasteiger partial charge in [0.2, 0.25) is 0 Å². The largest absolute Gasteiger partial charge is 0.317 e. The molecule has 126 valence electrons. The standard InChI is InChI=1S/C19H35N3/c1-21-14-10-19(15-21)5-2-13-22(16-19)17-3-6-18(7-4-17)8-11-20-12-9-18/h17,20H,2-16H2,1H3/t19-/m1/s1. The van der Waals surface area contributed by atoms with Gasteiger partial charge in [-0.25, -0.2) is 0 Å². The van der Waals surface area contributed by atoms with E-state index >= 15 is 0 Å². The molecule has 4 rings (SSSR count). The summed E-state index contributed by atoms with van der Waals surface area (Å²) in [4.78, 5) is 5.48. The molecule has 3 heterocycles. The first-order chi connectivity index (χ1) is 10.7. The van der Waals surface area contributed by atoms with Crippen molar-refractivity contribution in [2.75, 3.05) is 46.3 Å². The Labute approximate surface area is 136 Å². The van der Waals surface area contributed by atoms with E-state index in [9.17, 15) is 0 Å². The topological polar surface area (TPSA) is 18.5 Å². The Bertz CT molecular complexity index is 376. The molecule has 1 N–H and O–H groups in total. The lowest BCUT2D eigenvalue weighted by Gasteiger charge is -2.49. The van der Waals surface area contributed by atoms with Crippen LogP contribution in [0.1, 0.15) is 57.8 Å². The van der Waals surface area contributed by atoms with Crippen LogP contribution < -0.4 is 5.32 Å². The zero-order valence-corrected chi connectivity index (χ0v) is 14.6. The molecule has 3 nitrogen and oxygen atoms in total. The summed E-state index contributed by atoms with van der Waals surface area (Å²) in [6.45, 7) is 8.00. The molecule has 1 saturated carbocycles. The van der Waals surface area contributed by atoms with E-state index in [0.717, 1.165) is 11.5 Å². The molecule has 0 aromatic carbocycles. The fraction of sp³-hybridized carbons (Fsp3) is 1.00. The van der Waals surface area contributed by atoms with E-state index in [1.54, 1.807) is 0 Å². The summed E-state index contributed by atoms with van der Waals surface area (Å²) in [7, 11) is 2.31. The highest BCUT2D eigenvalue weighted by Gasteiger charge is 2.43. The molecule has 0 aromatic heterocycles. The van der Waals surface area contributed by atoms with E-state index in [0.29, 0.717) is 5.41 Å². The van der Waals surface area contributed by atoms with Gasteiger partial charge in [0, 0.05) is 19.1 Å². The van der Waals surface area contributed by atoms with Crippen molar-refractivity contribution in [3.8, 4) is 0 Å². The Kier molecular flexibility index (Phi) is 4.25. The molecule has 1 aliphatic carbocycles. The molecule has 4 fully saturated rings. The van der Waals surface area contributed by atoms with Gasteiger partial charge in [-0.05, 0) is 102 Å². The van der Waals surface area contributed by atoms with Crippen LogP contribution >= 0.6 is 0 Å². The molecular weight excluding hydrogens is 270 g/mol. The molecule has 3 saturated heterocycles. The van der Waals surface area contributed by atoms with Crippen molar-refractivity contribution in [2.45, 2.75) is 63.8 Å². The van der Waals surface area contributed by atoms with Gasteiger partial charge >= 0.3 is 0 Å². The quantitative estimate of drug-likeness (QED) is 0.803. The third kappa shape index (κ3) is 2.97. The molecular formula is C19H35N3. The van der Waals surface area contributed by atoms with Crippen LogP contribution in [0.25, 0.3) is 0 Å². The lowest BCUT2D eigenvalue weighted by atomic mass is 9.66. The average Bonchev–Trinajstić information content (AvgIpc) is 2.89. The SMILES string of the molecule is CN1CC[C@]2(CCCN(C3CCC4(CCNCC4)CC3)C2)C1. The third-order valence-electron chi connectivity index (χ3n) is 7.52. The summed E-state index contributed by atoms with van der Waals surface area (Å²) < 4.78 is 0. The highest BCUT2D eigenvalue weighted by molar-refractivity contribution is 4.98.